The van der Waals surface area contributed by atoms with E-state index in [0.717, 1.165) is 19.5 Å². The van der Waals surface area contributed by atoms with Crippen molar-refractivity contribution in [3.05, 3.63) is 35.4 Å². The molecule has 0 aliphatic carbocycles. The highest BCUT2D eigenvalue weighted by molar-refractivity contribution is 5.25. The summed E-state index contributed by atoms with van der Waals surface area (Å²) in [6, 6.07) is 10.7. The quantitative estimate of drug-likeness (QED) is 0.901. The smallest absolute Gasteiger partial charge is 0.0478 e. The summed E-state index contributed by atoms with van der Waals surface area (Å²) in [4.78, 5) is 5.42. The van der Waals surface area contributed by atoms with Gasteiger partial charge in [0.15, 0.2) is 0 Å². The van der Waals surface area contributed by atoms with Crippen LogP contribution in [0.4, 0.5) is 0 Å². The highest BCUT2D eigenvalue weighted by atomic mass is 15.3. The Labute approximate surface area is 142 Å². The average molecular weight is 316 g/mol. The van der Waals surface area contributed by atoms with Gasteiger partial charge in [0.2, 0.25) is 0 Å². The molecule has 2 atom stereocenters. The second-order valence-electron chi connectivity index (χ2n) is 7.24. The molecule has 23 heavy (non-hydrogen) atoms. The maximum Gasteiger partial charge on any atom is 0.0478 e. The van der Waals surface area contributed by atoms with Crippen molar-refractivity contribution in [2.75, 3.05) is 39.3 Å². The highest BCUT2D eigenvalue weighted by Gasteiger charge is 2.29. The molecule has 2 heterocycles. The lowest BCUT2D eigenvalue weighted by Gasteiger charge is -2.42. The van der Waals surface area contributed by atoms with Crippen LogP contribution in [0.2, 0.25) is 0 Å². The molecule has 2 unspecified atom stereocenters. The van der Waals surface area contributed by atoms with E-state index in [1.54, 1.807) is 0 Å². The van der Waals surface area contributed by atoms with Gasteiger partial charge in [-0.15, -0.1) is 0 Å². The molecule has 128 valence electrons. The van der Waals surface area contributed by atoms with Crippen LogP contribution in [0.3, 0.4) is 0 Å². The van der Waals surface area contributed by atoms with Gasteiger partial charge in [-0.05, 0) is 43.9 Å². The molecule has 0 spiro atoms. The minimum absolute atomic E-state index is 0.550. The molecular weight excluding hydrogens is 282 g/mol. The minimum atomic E-state index is 0.550. The van der Waals surface area contributed by atoms with E-state index in [4.69, 9.17) is 0 Å². The van der Waals surface area contributed by atoms with Crippen molar-refractivity contribution in [1.82, 2.24) is 15.1 Å². The first-order chi connectivity index (χ1) is 11.3. The molecule has 2 aliphatic heterocycles. The molecule has 2 saturated heterocycles. The van der Waals surface area contributed by atoms with Crippen LogP contribution < -0.4 is 5.32 Å². The van der Waals surface area contributed by atoms with Gasteiger partial charge in [0.1, 0.15) is 0 Å². The van der Waals surface area contributed by atoms with Gasteiger partial charge in [-0.3, -0.25) is 9.80 Å². The van der Waals surface area contributed by atoms with Crippen LogP contribution in [0.15, 0.2) is 24.3 Å². The Morgan fingerprint density at radius 3 is 2.48 bits per heavy atom. The van der Waals surface area contributed by atoms with Gasteiger partial charge in [-0.25, -0.2) is 0 Å². The Hall–Kier alpha value is -0.900. The molecule has 2 aliphatic rings. The van der Waals surface area contributed by atoms with Crippen molar-refractivity contribution in [2.45, 2.75) is 51.6 Å². The van der Waals surface area contributed by atoms with Gasteiger partial charge in [0, 0.05) is 44.8 Å². The van der Waals surface area contributed by atoms with Crippen LogP contribution in [0.5, 0.6) is 0 Å². The van der Waals surface area contributed by atoms with Crippen LogP contribution in [-0.4, -0.2) is 55.1 Å². The summed E-state index contributed by atoms with van der Waals surface area (Å²) in [7, 11) is 0. The molecule has 0 bridgehead atoms. The van der Waals surface area contributed by atoms with Gasteiger partial charge in [0.05, 0.1) is 0 Å². The zero-order valence-electron chi connectivity index (χ0n) is 14.9. The second kappa shape index (κ2) is 8.27. The normalized spacial score (nSPS) is 25.4. The molecule has 1 aromatic rings. The standard InChI is InChI=1S/C20H33N3/c1-3-18-7-9-19(10-8-18)20(16-22-14-11-21-12-15-22)23-13-5-4-6-17(23)2/h7-10,17,20-21H,3-6,11-16H2,1-2H3. The van der Waals surface area contributed by atoms with Gasteiger partial charge in [-0.2, -0.15) is 0 Å². The number of aryl methyl sites for hydroxylation is 1. The zero-order chi connectivity index (χ0) is 16.1. The van der Waals surface area contributed by atoms with E-state index in [2.05, 4.69) is 53.2 Å². The van der Waals surface area contributed by atoms with Crippen molar-refractivity contribution >= 4 is 0 Å². The predicted octanol–water partition coefficient (Wildman–Crippen LogP) is 3.07. The number of piperidine rings is 1. The fourth-order valence-electron chi connectivity index (χ4n) is 4.10. The van der Waals surface area contributed by atoms with E-state index >= 15 is 0 Å². The molecule has 3 nitrogen and oxygen atoms in total. The lowest BCUT2D eigenvalue weighted by Crippen LogP contribution is -2.49. The molecule has 0 amide bonds. The first kappa shape index (κ1) is 16.9. The van der Waals surface area contributed by atoms with Gasteiger partial charge < -0.3 is 5.32 Å². The molecule has 3 rings (SSSR count). The highest BCUT2D eigenvalue weighted by Crippen LogP contribution is 2.29. The van der Waals surface area contributed by atoms with Crippen molar-refractivity contribution < 1.29 is 0 Å². The number of benzene rings is 1. The van der Waals surface area contributed by atoms with Crippen LogP contribution in [0.1, 0.15) is 50.3 Å². The molecule has 1 N–H and O–H groups in total. The molecule has 2 fully saturated rings. The Bertz CT molecular complexity index is 464. The minimum Gasteiger partial charge on any atom is -0.314 e. The topological polar surface area (TPSA) is 18.5 Å². The zero-order valence-corrected chi connectivity index (χ0v) is 14.9. The van der Waals surface area contributed by atoms with Crippen molar-refractivity contribution in [2.24, 2.45) is 0 Å². The number of piperazine rings is 1. The Morgan fingerprint density at radius 2 is 1.83 bits per heavy atom. The SMILES string of the molecule is CCc1ccc(C(CN2CCNCC2)N2CCCCC2C)cc1. The lowest BCUT2D eigenvalue weighted by atomic mass is 9.95. The van der Waals surface area contributed by atoms with Crippen molar-refractivity contribution in [3.63, 3.8) is 0 Å². The van der Waals surface area contributed by atoms with E-state index in [1.165, 1.54) is 56.6 Å². The van der Waals surface area contributed by atoms with E-state index in [-0.39, 0.29) is 0 Å². The third-order valence-electron chi connectivity index (χ3n) is 5.67. The molecule has 1 aromatic carbocycles. The summed E-state index contributed by atoms with van der Waals surface area (Å²) in [6.45, 7) is 11.7. The molecule has 0 aromatic heterocycles. The summed E-state index contributed by atoms with van der Waals surface area (Å²) in [5.41, 5.74) is 2.95. The van der Waals surface area contributed by atoms with Crippen LogP contribution in [-0.2, 0) is 6.42 Å². The first-order valence-corrected chi connectivity index (χ1v) is 9.55. The number of nitrogens with zero attached hydrogens (tertiary/aromatic N) is 2. The second-order valence-corrected chi connectivity index (χ2v) is 7.24. The number of rotatable bonds is 5. The molecular formula is C20H33N3. The number of nitrogens with one attached hydrogen (secondary N) is 1. The maximum absolute atomic E-state index is 3.48. The van der Waals surface area contributed by atoms with E-state index in [9.17, 15) is 0 Å². The predicted molar refractivity (Wildman–Crippen MR) is 97.9 cm³/mol. The largest absolute Gasteiger partial charge is 0.314 e. The van der Waals surface area contributed by atoms with Crippen LogP contribution in [0, 0.1) is 0 Å². The fourth-order valence-corrected chi connectivity index (χ4v) is 4.10. The fraction of sp³-hybridized carbons (Fsp3) is 0.700. The Kier molecular flexibility index (Phi) is 6.09. The van der Waals surface area contributed by atoms with Crippen molar-refractivity contribution in [3.8, 4) is 0 Å². The monoisotopic (exact) mass is 315 g/mol. The third-order valence-corrected chi connectivity index (χ3v) is 5.67. The number of likely N-dealkylation sites (tertiary alicyclic amines) is 1. The Balaban J connectivity index is 1.78. The van der Waals surface area contributed by atoms with Gasteiger partial charge in [0.25, 0.3) is 0 Å². The van der Waals surface area contributed by atoms with Crippen molar-refractivity contribution in [1.29, 1.82) is 0 Å². The third kappa shape index (κ3) is 4.34. The summed E-state index contributed by atoms with van der Waals surface area (Å²) in [5, 5.41) is 3.48. The first-order valence-electron chi connectivity index (χ1n) is 9.55. The summed E-state index contributed by atoms with van der Waals surface area (Å²) in [6.07, 6.45) is 5.23. The lowest BCUT2D eigenvalue weighted by molar-refractivity contribution is 0.0722. The molecule has 0 saturated carbocycles. The van der Waals surface area contributed by atoms with E-state index in [0.29, 0.717) is 12.1 Å². The van der Waals surface area contributed by atoms with E-state index in [1.807, 2.05) is 0 Å². The summed E-state index contributed by atoms with van der Waals surface area (Å²) >= 11 is 0. The average Bonchev–Trinajstić information content (AvgIpc) is 2.61. The van der Waals surface area contributed by atoms with Gasteiger partial charge in [-0.1, -0.05) is 37.6 Å². The van der Waals surface area contributed by atoms with E-state index < -0.39 is 0 Å². The Morgan fingerprint density at radius 1 is 1.09 bits per heavy atom. The van der Waals surface area contributed by atoms with Crippen LogP contribution >= 0.6 is 0 Å². The summed E-state index contributed by atoms with van der Waals surface area (Å²) in [5.74, 6) is 0. The number of hydrogen-bond donors (Lipinski definition) is 1. The molecule has 3 heteroatoms. The van der Waals surface area contributed by atoms with Crippen LogP contribution in [0.25, 0.3) is 0 Å². The van der Waals surface area contributed by atoms with Gasteiger partial charge >= 0.3 is 0 Å². The molecule has 0 radical (unpaired) electrons. The summed E-state index contributed by atoms with van der Waals surface area (Å²) < 4.78 is 0. The maximum atomic E-state index is 3.48. The number of hydrogen-bond acceptors (Lipinski definition) is 3.